The number of urea groups is 1. The van der Waals surface area contributed by atoms with Gasteiger partial charge in [0.1, 0.15) is 11.5 Å². The van der Waals surface area contributed by atoms with Crippen molar-refractivity contribution in [3.63, 3.8) is 0 Å². The standard InChI is InChI=1S/C14H20N2O5S/c1-20-11-3-4-12(13(7-11)21-2)16-14(17)15-8-10-5-6-22(18,19)9-10/h3-4,7,10H,5-6,8-9H2,1-2H3,(H2,15,16,17). The molecule has 0 saturated carbocycles. The number of methoxy groups -OCH3 is 2. The highest BCUT2D eigenvalue weighted by Gasteiger charge is 2.27. The Bertz CT molecular complexity index is 645. The molecule has 1 fully saturated rings. The molecule has 1 aliphatic rings. The topological polar surface area (TPSA) is 93.7 Å². The lowest BCUT2D eigenvalue weighted by molar-refractivity contribution is 0.250. The van der Waals surface area contributed by atoms with Crippen LogP contribution in [0.15, 0.2) is 18.2 Å². The van der Waals surface area contributed by atoms with E-state index in [4.69, 9.17) is 9.47 Å². The van der Waals surface area contributed by atoms with E-state index in [0.29, 0.717) is 30.2 Å². The fourth-order valence-electron chi connectivity index (χ4n) is 2.34. The van der Waals surface area contributed by atoms with Crippen molar-refractivity contribution < 1.29 is 22.7 Å². The number of amides is 2. The molecule has 1 aliphatic heterocycles. The summed E-state index contributed by atoms with van der Waals surface area (Å²) in [5.74, 6) is 1.43. The maximum absolute atomic E-state index is 11.9. The van der Waals surface area contributed by atoms with Crippen LogP contribution < -0.4 is 20.1 Å². The molecule has 1 saturated heterocycles. The van der Waals surface area contributed by atoms with E-state index in [-0.39, 0.29) is 17.4 Å². The number of nitrogens with one attached hydrogen (secondary N) is 2. The Morgan fingerprint density at radius 2 is 2.09 bits per heavy atom. The number of rotatable bonds is 5. The van der Waals surface area contributed by atoms with Gasteiger partial charge in [0.25, 0.3) is 0 Å². The van der Waals surface area contributed by atoms with Crippen LogP contribution in [-0.4, -0.2) is 46.7 Å². The molecular formula is C14H20N2O5S. The minimum absolute atomic E-state index is 0.0199. The predicted octanol–water partition coefficient (Wildman–Crippen LogP) is 1.26. The molecule has 122 valence electrons. The zero-order valence-electron chi connectivity index (χ0n) is 12.6. The van der Waals surface area contributed by atoms with Gasteiger partial charge in [0, 0.05) is 12.6 Å². The SMILES string of the molecule is COc1ccc(NC(=O)NCC2CCS(=O)(=O)C2)c(OC)c1. The summed E-state index contributed by atoms with van der Waals surface area (Å²) in [7, 11) is 0.121. The van der Waals surface area contributed by atoms with Gasteiger partial charge in [0.05, 0.1) is 31.4 Å². The zero-order valence-corrected chi connectivity index (χ0v) is 13.4. The second-order valence-corrected chi connectivity index (χ2v) is 7.40. The molecule has 8 heteroatoms. The Morgan fingerprint density at radius 3 is 2.68 bits per heavy atom. The van der Waals surface area contributed by atoms with E-state index >= 15 is 0 Å². The first-order chi connectivity index (χ1) is 10.4. The lowest BCUT2D eigenvalue weighted by Crippen LogP contribution is -2.33. The predicted molar refractivity (Wildman–Crippen MR) is 83.3 cm³/mol. The maximum atomic E-state index is 11.9. The summed E-state index contributed by atoms with van der Waals surface area (Å²) in [6.07, 6.45) is 0.592. The molecule has 22 heavy (non-hydrogen) atoms. The largest absolute Gasteiger partial charge is 0.497 e. The number of anilines is 1. The van der Waals surface area contributed by atoms with Crippen LogP contribution in [0.2, 0.25) is 0 Å². The number of carbonyl (C=O) groups excluding carboxylic acids is 1. The van der Waals surface area contributed by atoms with E-state index in [9.17, 15) is 13.2 Å². The molecule has 2 rings (SSSR count). The van der Waals surface area contributed by atoms with Crippen molar-refractivity contribution in [1.82, 2.24) is 5.32 Å². The van der Waals surface area contributed by atoms with Crippen molar-refractivity contribution in [3.05, 3.63) is 18.2 Å². The smallest absolute Gasteiger partial charge is 0.319 e. The molecule has 2 amide bonds. The van der Waals surface area contributed by atoms with Gasteiger partial charge in [0.15, 0.2) is 9.84 Å². The van der Waals surface area contributed by atoms with Crippen LogP contribution in [0.4, 0.5) is 10.5 Å². The van der Waals surface area contributed by atoms with Gasteiger partial charge in [-0.2, -0.15) is 0 Å². The third-order valence-electron chi connectivity index (χ3n) is 3.53. The summed E-state index contributed by atoms with van der Waals surface area (Å²) in [6, 6.07) is 4.66. The van der Waals surface area contributed by atoms with Crippen molar-refractivity contribution >= 4 is 21.6 Å². The molecule has 1 aromatic carbocycles. The van der Waals surface area contributed by atoms with Crippen molar-refractivity contribution in [1.29, 1.82) is 0 Å². The average Bonchev–Trinajstić information content (AvgIpc) is 2.85. The average molecular weight is 328 g/mol. The summed E-state index contributed by atoms with van der Waals surface area (Å²) in [5.41, 5.74) is 0.514. The fraction of sp³-hybridized carbons (Fsp3) is 0.500. The van der Waals surface area contributed by atoms with Crippen LogP contribution in [0, 0.1) is 5.92 Å². The third kappa shape index (κ3) is 4.27. The molecule has 0 aliphatic carbocycles. The van der Waals surface area contributed by atoms with E-state index in [0.717, 1.165) is 0 Å². The Kier molecular flexibility index (Phi) is 5.12. The molecule has 1 atom stereocenters. The van der Waals surface area contributed by atoms with Crippen LogP contribution in [-0.2, 0) is 9.84 Å². The summed E-state index contributed by atoms with van der Waals surface area (Å²) in [5, 5.41) is 5.37. The summed E-state index contributed by atoms with van der Waals surface area (Å²) in [4.78, 5) is 11.9. The minimum atomic E-state index is -2.93. The molecule has 1 unspecified atom stereocenters. The first kappa shape index (κ1) is 16.4. The Morgan fingerprint density at radius 1 is 1.32 bits per heavy atom. The molecule has 1 heterocycles. The Labute approximate surface area is 129 Å². The molecule has 1 aromatic rings. The lowest BCUT2D eigenvalue weighted by atomic mass is 10.1. The van der Waals surface area contributed by atoms with Gasteiger partial charge in [-0.25, -0.2) is 13.2 Å². The maximum Gasteiger partial charge on any atom is 0.319 e. The van der Waals surface area contributed by atoms with Crippen molar-refractivity contribution in [2.24, 2.45) is 5.92 Å². The summed E-state index contributed by atoms with van der Waals surface area (Å²) >= 11 is 0. The number of benzene rings is 1. The summed E-state index contributed by atoms with van der Waals surface area (Å²) < 4.78 is 33.0. The minimum Gasteiger partial charge on any atom is -0.497 e. The molecular weight excluding hydrogens is 308 g/mol. The van der Waals surface area contributed by atoms with Crippen LogP contribution in [0.1, 0.15) is 6.42 Å². The van der Waals surface area contributed by atoms with Gasteiger partial charge in [-0.1, -0.05) is 0 Å². The van der Waals surface area contributed by atoms with E-state index in [1.165, 1.54) is 7.11 Å². The molecule has 2 N–H and O–H groups in total. The highest BCUT2D eigenvalue weighted by atomic mass is 32.2. The van der Waals surface area contributed by atoms with Gasteiger partial charge in [-0.3, -0.25) is 0 Å². The van der Waals surface area contributed by atoms with Gasteiger partial charge in [0.2, 0.25) is 0 Å². The van der Waals surface area contributed by atoms with E-state index in [2.05, 4.69) is 10.6 Å². The quantitative estimate of drug-likeness (QED) is 0.849. The Balaban J connectivity index is 1.89. The number of hydrogen-bond donors (Lipinski definition) is 2. The van der Waals surface area contributed by atoms with Gasteiger partial charge < -0.3 is 20.1 Å². The summed E-state index contributed by atoms with van der Waals surface area (Å²) in [6.45, 7) is 0.337. The molecule has 7 nitrogen and oxygen atoms in total. The molecule has 0 radical (unpaired) electrons. The van der Waals surface area contributed by atoms with Crippen molar-refractivity contribution in [2.75, 3.05) is 37.6 Å². The van der Waals surface area contributed by atoms with Crippen LogP contribution in [0.5, 0.6) is 11.5 Å². The number of ether oxygens (including phenoxy) is 2. The van der Waals surface area contributed by atoms with Gasteiger partial charge in [-0.05, 0) is 24.5 Å². The fourth-order valence-corrected chi connectivity index (χ4v) is 4.20. The number of carbonyl (C=O) groups is 1. The first-order valence-corrected chi connectivity index (χ1v) is 8.73. The van der Waals surface area contributed by atoms with Gasteiger partial charge >= 0.3 is 6.03 Å². The second kappa shape index (κ2) is 6.87. The van der Waals surface area contributed by atoms with Crippen molar-refractivity contribution in [2.45, 2.75) is 6.42 Å². The number of sulfone groups is 1. The highest BCUT2D eigenvalue weighted by molar-refractivity contribution is 7.91. The lowest BCUT2D eigenvalue weighted by Gasteiger charge is -2.13. The zero-order chi connectivity index (χ0) is 16.2. The molecule has 0 spiro atoms. The van der Waals surface area contributed by atoms with E-state index < -0.39 is 15.9 Å². The van der Waals surface area contributed by atoms with E-state index in [1.54, 1.807) is 25.3 Å². The highest BCUT2D eigenvalue weighted by Crippen LogP contribution is 2.28. The first-order valence-electron chi connectivity index (χ1n) is 6.91. The number of hydrogen-bond acceptors (Lipinski definition) is 5. The van der Waals surface area contributed by atoms with Crippen LogP contribution >= 0.6 is 0 Å². The third-order valence-corrected chi connectivity index (χ3v) is 5.37. The van der Waals surface area contributed by atoms with E-state index in [1.807, 2.05) is 0 Å². The molecule has 0 aromatic heterocycles. The van der Waals surface area contributed by atoms with Crippen LogP contribution in [0.25, 0.3) is 0 Å². The second-order valence-electron chi connectivity index (χ2n) is 5.17. The molecule has 0 bridgehead atoms. The normalized spacial score (nSPS) is 19.5. The van der Waals surface area contributed by atoms with Crippen LogP contribution in [0.3, 0.4) is 0 Å². The Hall–Kier alpha value is -1.96. The van der Waals surface area contributed by atoms with Crippen molar-refractivity contribution in [3.8, 4) is 11.5 Å². The van der Waals surface area contributed by atoms with Gasteiger partial charge in [-0.15, -0.1) is 0 Å². The monoisotopic (exact) mass is 328 g/mol.